The molecule has 0 spiro atoms. The minimum Gasteiger partial charge on any atom is -0.326 e. The van der Waals surface area contributed by atoms with Crippen LogP contribution >= 0.6 is 0 Å². The Morgan fingerprint density at radius 1 is 1.22 bits per heavy atom. The molecule has 2 rings (SSSR count). The fraction of sp³-hybridized carbons (Fsp3) is 0.632. The first kappa shape index (κ1) is 18.0. The number of hydrogen-bond acceptors (Lipinski definition) is 3. The van der Waals surface area contributed by atoms with Gasteiger partial charge in [-0.1, -0.05) is 32.0 Å². The zero-order valence-electron chi connectivity index (χ0n) is 15.1. The summed E-state index contributed by atoms with van der Waals surface area (Å²) < 4.78 is 0. The molecule has 0 radical (unpaired) electrons. The summed E-state index contributed by atoms with van der Waals surface area (Å²) in [6, 6.07) is 9.29. The van der Waals surface area contributed by atoms with Gasteiger partial charge in [-0.3, -0.25) is 9.69 Å². The van der Waals surface area contributed by atoms with Gasteiger partial charge in [-0.25, -0.2) is 0 Å². The smallest absolute Gasteiger partial charge is 0.225 e. The molecule has 0 saturated carbocycles. The summed E-state index contributed by atoms with van der Waals surface area (Å²) in [4.78, 5) is 14.9. The third-order valence-corrected chi connectivity index (χ3v) is 4.55. The van der Waals surface area contributed by atoms with Crippen LogP contribution in [-0.4, -0.2) is 42.0 Å². The predicted molar refractivity (Wildman–Crippen MR) is 96.9 cm³/mol. The second kappa shape index (κ2) is 7.93. The number of nitrogens with zero attached hydrogens (tertiary/aromatic N) is 1. The summed E-state index contributed by atoms with van der Waals surface area (Å²) >= 11 is 0. The van der Waals surface area contributed by atoms with Crippen LogP contribution < -0.4 is 10.6 Å². The Kier molecular flexibility index (Phi) is 6.19. The van der Waals surface area contributed by atoms with Crippen molar-refractivity contribution in [1.29, 1.82) is 0 Å². The Morgan fingerprint density at radius 2 is 1.83 bits per heavy atom. The van der Waals surface area contributed by atoms with Crippen LogP contribution in [0, 0.1) is 0 Å². The van der Waals surface area contributed by atoms with Crippen molar-refractivity contribution in [3.8, 4) is 0 Å². The summed E-state index contributed by atoms with van der Waals surface area (Å²) in [6.45, 7) is 12.9. The van der Waals surface area contributed by atoms with Crippen molar-refractivity contribution < 1.29 is 4.79 Å². The van der Waals surface area contributed by atoms with Gasteiger partial charge < -0.3 is 10.6 Å². The highest BCUT2D eigenvalue weighted by Gasteiger charge is 2.26. The Balaban J connectivity index is 1.94. The number of benzene rings is 1. The molecule has 0 bridgehead atoms. The number of anilines is 1. The van der Waals surface area contributed by atoms with Gasteiger partial charge in [0, 0.05) is 43.3 Å². The van der Waals surface area contributed by atoms with Crippen LogP contribution in [0.5, 0.6) is 0 Å². The van der Waals surface area contributed by atoms with Gasteiger partial charge in [0.2, 0.25) is 5.91 Å². The molecule has 1 aliphatic heterocycles. The highest BCUT2D eigenvalue weighted by molar-refractivity contribution is 5.92. The molecule has 1 fully saturated rings. The molecule has 1 heterocycles. The first-order chi connectivity index (χ1) is 10.9. The van der Waals surface area contributed by atoms with Crippen molar-refractivity contribution in [1.82, 2.24) is 10.2 Å². The molecular formula is C19H31N3O. The normalized spacial score (nSPS) is 23.7. The van der Waals surface area contributed by atoms with Crippen molar-refractivity contribution in [2.75, 3.05) is 18.4 Å². The van der Waals surface area contributed by atoms with E-state index < -0.39 is 0 Å². The van der Waals surface area contributed by atoms with Gasteiger partial charge >= 0.3 is 0 Å². The lowest BCUT2D eigenvalue weighted by Crippen LogP contribution is -2.56. The third-order valence-electron chi connectivity index (χ3n) is 4.55. The van der Waals surface area contributed by atoms with Crippen LogP contribution in [0.4, 0.5) is 5.69 Å². The highest BCUT2D eigenvalue weighted by Crippen LogP contribution is 2.24. The number of amides is 1. The van der Waals surface area contributed by atoms with Crippen molar-refractivity contribution in [3.63, 3.8) is 0 Å². The maximum Gasteiger partial charge on any atom is 0.225 e. The number of carbonyl (C=O) groups is 1. The molecule has 23 heavy (non-hydrogen) atoms. The van der Waals surface area contributed by atoms with Gasteiger partial charge in [-0.2, -0.15) is 0 Å². The quantitative estimate of drug-likeness (QED) is 0.876. The summed E-state index contributed by atoms with van der Waals surface area (Å²) in [5.41, 5.74) is 2.14. The lowest BCUT2D eigenvalue weighted by Gasteiger charge is -2.39. The van der Waals surface area contributed by atoms with Crippen molar-refractivity contribution in [2.45, 2.75) is 65.1 Å². The molecule has 4 nitrogen and oxygen atoms in total. The molecule has 1 saturated heterocycles. The summed E-state index contributed by atoms with van der Waals surface area (Å²) in [5.74, 6) is 0.503. The molecule has 0 unspecified atom stereocenters. The van der Waals surface area contributed by atoms with Crippen molar-refractivity contribution in [3.05, 3.63) is 29.8 Å². The van der Waals surface area contributed by atoms with E-state index in [4.69, 9.17) is 0 Å². The molecule has 1 aliphatic rings. The second-order valence-corrected chi connectivity index (χ2v) is 7.27. The molecule has 4 heteroatoms. The monoisotopic (exact) mass is 317 g/mol. The molecule has 128 valence electrons. The molecule has 3 atom stereocenters. The minimum absolute atomic E-state index is 0.101. The first-order valence-electron chi connectivity index (χ1n) is 8.75. The van der Waals surface area contributed by atoms with Gasteiger partial charge in [0.05, 0.1) is 0 Å². The van der Waals surface area contributed by atoms with Crippen LogP contribution in [0.1, 0.15) is 52.5 Å². The van der Waals surface area contributed by atoms with E-state index in [0.29, 0.717) is 24.4 Å². The fourth-order valence-electron chi connectivity index (χ4n) is 3.44. The van der Waals surface area contributed by atoms with Crippen LogP contribution in [0.25, 0.3) is 0 Å². The van der Waals surface area contributed by atoms with Crippen LogP contribution in [0.3, 0.4) is 0 Å². The van der Waals surface area contributed by atoms with Crippen LogP contribution in [0.15, 0.2) is 24.3 Å². The summed E-state index contributed by atoms with van der Waals surface area (Å²) in [5, 5.41) is 6.64. The third kappa shape index (κ3) is 5.05. The van der Waals surface area contributed by atoms with Gasteiger partial charge in [0.25, 0.3) is 0 Å². The summed E-state index contributed by atoms with van der Waals surface area (Å²) in [7, 11) is 0. The van der Waals surface area contributed by atoms with Gasteiger partial charge in [-0.15, -0.1) is 0 Å². The van der Waals surface area contributed by atoms with E-state index in [2.05, 4.69) is 56.2 Å². The standard InChI is InChI=1S/C19H31N3O/c1-13(2)17-8-6-7-9-18(17)21-19(23)10-16(5)22-11-14(3)20-15(4)12-22/h6-9,13-16,20H,10-12H2,1-5H3,(H,21,23)/t14-,15+,16-/m1/s1. The first-order valence-corrected chi connectivity index (χ1v) is 8.75. The van der Waals surface area contributed by atoms with Crippen molar-refractivity contribution in [2.24, 2.45) is 0 Å². The topological polar surface area (TPSA) is 44.4 Å². The molecule has 0 aromatic heterocycles. The number of nitrogens with one attached hydrogen (secondary N) is 2. The van der Waals surface area contributed by atoms with E-state index >= 15 is 0 Å². The zero-order chi connectivity index (χ0) is 17.0. The second-order valence-electron chi connectivity index (χ2n) is 7.27. The van der Waals surface area contributed by atoms with E-state index in [1.807, 2.05) is 18.2 Å². The maximum absolute atomic E-state index is 12.4. The number of rotatable bonds is 5. The number of piperazine rings is 1. The Bertz CT molecular complexity index is 519. The van der Waals surface area contributed by atoms with E-state index in [9.17, 15) is 4.79 Å². The van der Waals surface area contributed by atoms with E-state index in [1.165, 1.54) is 5.56 Å². The lowest BCUT2D eigenvalue weighted by atomic mass is 10.0. The van der Waals surface area contributed by atoms with Gasteiger partial charge in [0.1, 0.15) is 0 Å². The van der Waals surface area contributed by atoms with E-state index in [0.717, 1.165) is 18.8 Å². The Morgan fingerprint density at radius 3 is 2.43 bits per heavy atom. The average Bonchev–Trinajstić information content (AvgIpc) is 2.46. The minimum atomic E-state index is 0.101. The van der Waals surface area contributed by atoms with E-state index in [-0.39, 0.29) is 11.9 Å². The van der Waals surface area contributed by atoms with Gasteiger partial charge in [0.15, 0.2) is 0 Å². The molecular weight excluding hydrogens is 286 g/mol. The van der Waals surface area contributed by atoms with Crippen molar-refractivity contribution >= 4 is 11.6 Å². The summed E-state index contributed by atoms with van der Waals surface area (Å²) in [6.07, 6.45) is 0.534. The van der Waals surface area contributed by atoms with Crippen LogP contribution in [0.2, 0.25) is 0 Å². The molecule has 0 aliphatic carbocycles. The predicted octanol–water partition coefficient (Wildman–Crippen LogP) is 3.21. The number of hydrogen-bond donors (Lipinski definition) is 2. The zero-order valence-corrected chi connectivity index (χ0v) is 15.1. The largest absolute Gasteiger partial charge is 0.326 e. The Hall–Kier alpha value is -1.39. The lowest BCUT2D eigenvalue weighted by molar-refractivity contribution is -0.117. The van der Waals surface area contributed by atoms with Gasteiger partial charge in [-0.05, 0) is 38.3 Å². The fourth-order valence-corrected chi connectivity index (χ4v) is 3.44. The highest BCUT2D eigenvalue weighted by atomic mass is 16.1. The molecule has 2 N–H and O–H groups in total. The number of carbonyl (C=O) groups excluding carboxylic acids is 1. The van der Waals surface area contributed by atoms with Crippen LogP contribution in [-0.2, 0) is 4.79 Å². The van der Waals surface area contributed by atoms with E-state index in [1.54, 1.807) is 0 Å². The molecule has 1 aromatic carbocycles. The SMILES string of the molecule is CC(C)c1ccccc1NC(=O)C[C@@H](C)N1C[C@@H](C)N[C@@H](C)C1. The average molecular weight is 317 g/mol. The maximum atomic E-state index is 12.4. The number of para-hydroxylation sites is 1. The molecule has 1 amide bonds. The Labute approximate surface area is 140 Å². The molecule has 1 aromatic rings.